The predicted molar refractivity (Wildman–Crippen MR) is 97.9 cm³/mol. The molecule has 128 valence electrons. The average molecular weight is 375 g/mol. The van der Waals surface area contributed by atoms with Gasteiger partial charge in [0.2, 0.25) is 5.91 Å². The summed E-state index contributed by atoms with van der Waals surface area (Å²) in [6.45, 7) is 1.46. The van der Waals surface area contributed by atoms with Gasteiger partial charge in [-0.3, -0.25) is 14.5 Å². The number of fused-ring (bicyclic) bond motifs is 1. The molecule has 0 saturated carbocycles. The van der Waals surface area contributed by atoms with Crippen LogP contribution >= 0.6 is 23.2 Å². The molecule has 6 heteroatoms. The van der Waals surface area contributed by atoms with E-state index < -0.39 is 6.04 Å². The number of benzene rings is 2. The maximum Gasteiger partial charge on any atom is 0.251 e. The van der Waals surface area contributed by atoms with Gasteiger partial charge in [-0.1, -0.05) is 47.5 Å². The second-order valence-electron chi connectivity index (χ2n) is 6.37. The second kappa shape index (κ2) is 6.45. The number of carbonyl (C=O) groups is 2. The molecule has 0 N–H and O–H groups in total. The van der Waals surface area contributed by atoms with E-state index >= 15 is 0 Å². The predicted octanol–water partition coefficient (Wildman–Crippen LogP) is 3.68. The van der Waals surface area contributed by atoms with Crippen molar-refractivity contribution >= 4 is 40.7 Å². The molecule has 2 heterocycles. The number of amides is 2. The molecule has 2 amide bonds. The summed E-state index contributed by atoms with van der Waals surface area (Å²) in [4.78, 5) is 28.7. The van der Waals surface area contributed by atoms with E-state index in [9.17, 15) is 9.59 Å². The molecular weight excluding hydrogens is 359 g/mol. The zero-order valence-corrected chi connectivity index (χ0v) is 14.9. The number of imide groups is 1. The van der Waals surface area contributed by atoms with Crippen molar-refractivity contribution in [2.45, 2.75) is 25.4 Å². The number of hydrogen-bond donors (Lipinski definition) is 0. The van der Waals surface area contributed by atoms with Crippen LogP contribution in [0.5, 0.6) is 0 Å². The molecule has 0 aromatic heterocycles. The van der Waals surface area contributed by atoms with E-state index in [2.05, 4.69) is 17.0 Å². The Morgan fingerprint density at radius 3 is 2.48 bits per heavy atom. The second-order valence-corrected chi connectivity index (χ2v) is 7.19. The maximum atomic E-state index is 12.9. The summed E-state index contributed by atoms with van der Waals surface area (Å²) in [7, 11) is 0. The van der Waals surface area contributed by atoms with Crippen LogP contribution in [0.15, 0.2) is 42.5 Å². The third kappa shape index (κ3) is 2.95. The SMILES string of the molecule is O=C1C[C@@H](N2CCc3ccccc3C2)C(=O)N1c1ccc(Cl)c(Cl)c1. The monoisotopic (exact) mass is 374 g/mol. The largest absolute Gasteiger partial charge is 0.287 e. The van der Waals surface area contributed by atoms with Gasteiger partial charge in [-0.05, 0) is 35.7 Å². The van der Waals surface area contributed by atoms with Gasteiger partial charge in [0.1, 0.15) is 0 Å². The molecule has 2 aromatic rings. The minimum Gasteiger partial charge on any atom is -0.287 e. The number of halogens is 2. The lowest BCUT2D eigenvalue weighted by Crippen LogP contribution is -2.44. The number of carbonyl (C=O) groups excluding carboxylic acids is 2. The Morgan fingerprint density at radius 1 is 0.960 bits per heavy atom. The first-order valence-electron chi connectivity index (χ1n) is 8.17. The van der Waals surface area contributed by atoms with E-state index in [1.165, 1.54) is 16.0 Å². The minimum absolute atomic E-state index is 0.192. The molecule has 2 aliphatic rings. The molecule has 25 heavy (non-hydrogen) atoms. The zero-order chi connectivity index (χ0) is 17.6. The third-order valence-electron chi connectivity index (χ3n) is 4.89. The van der Waals surface area contributed by atoms with Crippen molar-refractivity contribution in [1.29, 1.82) is 0 Å². The van der Waals surface area contributed by atoms with Crippen LogP contribution in [0.4, 0.5) is 5.69 Å². The van der Waals surface area contributed by atoms with E-state index in [0.29, 0.717) is 22.3 Å². The highest BCUT2D eigenvalue weighted by Crippen LogP contribution is 2.32. The summed E-state index contributed by atoms with van der Waals surface area (Å²) in [6.07, 6.45) is 1.09. The van der Waals surface area contributed by atoms with Crippen molar-refractivity contribution in [3.63, 3.8) is 0 Å². The van der Waals surface area contributed by atoms with E-state index in [4.69, 9.17) is 23.2 Å². The fraction of sp³-hybridized carbons (Fsp3) is 0.263. The molecule has 0 radical (unpaired) electrons. The van der Waals surface area contributed by atoms with E-state index in [0.717, 1.165) is 13.0 Å². The van der Waals surface area contributed by atoms with Gasteiger partial charge in [0.25, 0.3) is 5.91 Å². The van der Waals surface area contributed by atoms with Crippen LogP contribution in [0.1, 0.15) is 17.5 Å². The van der Waals surface area contributed by atoms with Crippen LogP contribution in [-0.2, 0) is 22.6 Å². The molecule has 1 saturated heterocycles. The zero-order valence-electron chi connectivity index (χ0n) is 13.4. The van der Waals surface area contributed by atoms with E-state index in [1.807, 2.05) is 12.1 Å². The Kier molecular flexibility index (Phi) is 4.28. The van der Waals surface area contributed by atoms with Crippen LogP contribution in [0.25, 0.3) is 0 Å². The Labute approximate surface area is 155 Å². The number of hydrogen-bond acceptors (Lipinski definition) is 3. The smallest absolute Gasteiger partial charge is 0.251 e. The number of rotatable bonds is 2. The van der Waals surface area contributed by atoms with Crippen molar-refractivity contribution in [1.82, 2.24) is 4.90 Å². The van der Waals surface area contributed by atoms with Gasteiger partial charge in [-0.25, -0.2) is 4.90 Å². The molecule has 1 fully saturated rings. The lowest BCUT2D eigenvalue weighted by Gasteiger charge is -2.32. The molecule has 0 aliphatic carbocycles. The van der Waals surface area contributed by atoms with Gasteiger partial charge in [0.05, 0.1) is 28.2 Å². The number of nitrogens with zero attached hydrogens (tertiary/aromatic N) is 2. The van der Waals surface area contributed by atoms with Crippen LogP contribution < -0.4 is 4.90 Å². The first-order chi connectivity index (χ1) is 12.0. The van der Waals surface area contributed by atoms with E-state index in [-0.39, 0.29) is 18.2 Å². The minimum atomic E-state index is -0.421. The summed E-state index contributed by atoms with van der Waals surface area (Å²) in [6, 6.07) is 12.6. The summed E-state index contributed by atoms with van der Waals surface area (Å²) >= 11 is 12.0. The Bertz CT molecular complexity index is 868. The molecule has 0 spiro atoms. The van der Waals surface area contributed by atoms with Crippen molar-refractivity contribution in [3.05, 3.63) is 63.6 Å². The summed E-state index contributed by atoms with van der Waals surface area (Å²) in [5.41, 5.74) is 3.02. The fourth-order valence-corrected chi connectivity index (χ4v) is 3.87. The fourth-order valence-electron chi connectivity index (χ4n) is 3.58. The van der Waals surface area contributed by atoms with Gasteiger partial charge in [0, 0.05) is 13.1 Å². The van der Waals surface area contributed by atoms with E-state index in [1.54, 1.807) is 18.2 Å². The average Bonchev–Trinajstić information content (AvgIpc) is 2.91. The van der Waals surface area contributed by atoms with Gasteiger partial charge >= 0.3 is 0 Å². The third-order valence-corrected chi connectivity index (χ3v) is 5.62. The lowest BCUT2D eigenvalue weighted by atomic mass is 9.98. The molecule has 0 bridgehead atoms. The standard InChI is InChI=1S/C19H16Cl2N2O2/c20-15-6-5-14(9-16(15)21)23-18(24)10-17(19(23)25)22-8-7-12-3-1-2-4-13(12)11-22/h1-6,9,17H,7-8,10-11H2/t17-/m1/s1. The summed E-state index contributed by atoms with van der Waals surface area (Å²) in [5, 5.41) is 0.726. The van der Waals surface area contributed by atoms with Crippen LogP contribution in [0, 0.1) is 0 Å². The maximum absolute atomic E-state index is 12.9. The highest BCUT2D eigenvalue weighted by Gasteiger charge is 2.43. The molecule has 4 nitrogen and oxygen atoms in total. The Hall–Kier alpha value is -1.88. The molecule has 1 atom stereocenters. The lowest BCUT2D eigenvalue weighted by molar-refractivity contribution is -0.123. The van der Waals surface area contributed by atoms with Crippen molar-refractivity contribution in [2.24, 2.45) is 0 Å². The van der Waals surface area contributed by atoms with Crippen molar-refractivity contribution in [3.8, 4) is 0 Å². The molecule has 4 rings (SSSR count). The van der Waals surface area contributed by atoms with Gasteiger partial charge < -0.3 is 0 Å². The first-order valence-corrected chi connectivity index (χ1v) is 8.93. The molecule has 2 aliphatic heterocycles. The van der Waals surface area contributed by atoms with Crippen LogP contribution in [0.2, 0.25) is 10.0 Å². The topological polar surface area (TPSA) is 40.6 Å². The summed E-state index contributed by atoms with van der Waals surface area (Å²) < 4.78 is 0. The first kappa shape index (κ1) is 16.6. The molecular formula is C19H16Cl2N2O2. The van der Waals surface area contributed by atoms with Gasteiger partial charge in [0.15, 0.2) is 0 Å². The highest BCUT2D eigenvalue weighted by atomic mass is 35.5. The normalized spacial score (nSPS) is 20.9. The van der Waals surface area contributed by atoms with Crippen molar-refractivity contribution < 1.29 is 9.59 Å². The van der Waals surface area contributed by atoms with Crippen LogP contribution in [-0.4, -0.2) is 29.3 Å². The number of anilines is 1. The summed E-state index contributed by atoms with van der Waals surface area (Å²) in [5.74, 6) is -0.394. The molecule has 2 aromatic carbocycles. The highest BCUT2D eigenvalue weighted by molar-refractivity contribution is 6.42. The Balaban J connectivity index is 1.58. The Morgan fingerprint density at radius 2 is 1.72 bits per heavy atom. The van der Waals surface area contributed by atoms with Crippen molar-refractivity contribution in [2.75, 3.05) is 11.4 Å². The quantitative estimate of drug-likeness (QED) is 0.752. The molecule has 0 unspecified atom stereocenters. The van der Waals surface area contributed by atoms with Gasteiger partial charge in [-0.2, -0.15) is 0 Å². The van der Waals surface area contributed by atoms with Gasteiger partial charge in [-0.15, -0.1) is 0 Å². The van der Waals surface area contributed by atoms with Crippen LogP contribution in [0.3, 0.4) is 0 Å².